The topological polar surface area (TPSA) is 105 Å². The van der Waals surface area contributed by atoms with Crippen molar-refractivity contribution in [2.75, 3.05) is 32.1 Å². The largest absolute Gasteiger partial charge is 0.493 e. The van der Waals surface area contributed by atoms with Crippen molar-refractivity contribution in [2.24, 2.45) is 0 Å². The number of halogens is 1. The average molecular weight is 574 g/mol. The molecule has 0 aromatic heterocycles. The van der Waals surface area contributed by atoms with E-state index in [1.54, 1.807) is 19.1 Å². The smallest absolute Gasteiger partial charge is 0.264 e. The summed E-state index contributed by atoms with van der Waals surface area (Å²) in [4.78, 5) is 27.9. The van der Waals surface area contributed by atoms with Crippen molar-refractivity contribution in [3.05, 3.63) is 83.4 Å². The van der Waals surface area contributed by atoms with Crippen LogP contribution in [0.4, 0.5) is 5.69 Å². The quantitative estimate of drug-likeness (QED) is 0.350. The fraction of sp³-hybridized carbons (Fsp3) is 0.286. The van der Waals surface area contributed by atoms with Crippen LogP contribution >= 0.6 is 11.6 Å². The number of ether oxygens (including phenoxy) is 2. The molecule has 0 aliphatic carbocycles. The number of likely N-dealkylation sites (N-methyl/N-ethyl adjacent to an activating group) is 1. The molecule has 3 aromatic carbocycles. The maximum Gasteiger partial charge on any atom is 0.264 e. The van der Waals surface area contributed by atoms with E-state index in [0.717, 1.165) is 9.87 Å². The average Bonchev–Trinajstić information content (AvgIpc) is 2.96. The van der Waals surface area contributed by atoms with Crippen LogP contribution < -0.4 is 19.1 Å². The molecule has 0 spiro atoms. The summed E-state index contributed by atoms with van der Waals surface area (Å²) < 4.78 is 39.5. The van der Waals surface area contributed by atoms with Gasteiger partial charge < -0.3 is 19.7 Å². The van der Waals surface area contributed by atoms with Crippen LogP contribution in [0.15, 0.2) is 77.7 Å². The minimum absolute atomic E-state index is 0.101. The summed E-state index contributed by atoms with van der Waals surface area (Å²) >= 11 is 6.06. The van der Waals surface area contributed by atoms with E-state index in [1.807, 2.05) is 30.3 Å². The van der Waals surface area contributed by atoms with Crippen LogP contribution in [-0.4, -0.2) is 59.0 Å². The van der Waals surface area contributed by atoms with Gasteiger partial charge in [-0.3, -0.25) is 13.9 Å². The van der Waals surface area contributed by atoms with Crippen LogP contribution in [0.25, 0.3) is 0 Å². The van der Waals surface area contributed by atoms with Gasteiger partial charge in [0.25, 0.3) is 10.0 Å². The van der Waals surface area contributed by atoms with Crippen molar-refractivity contribution in [1.29, 1.82) is 0 Å². The zero-order valence-corrected chi connectivity index (χ0v) is 23.8. The van der Waals surface area contributed by atoms with E-state index in [2.05, 4.69) is 5.32 Å². The second-order valence-corrected chi connectivity index (χ2v) is 10.8. The van der Waals surface area contributed by atoms with Crippen molar-refractivity contribution in [1.82, 2.24) is 10.2 Å². The standard InChI is InChI=1S/C28H32ClN3O6S/c1-5-24(28(34)30-2)31(18-20-9-7-6-8-10-20)27(33)19-32(22-13-11-21(29)12-14-22)39(35,36)23-15-16-25(37-3)26(17-23)38-4/h6-17,24H,5,18-19H2,1-4H3,(H,30,34)/t24-/m1/s1. The molecule has 0 saturated heterocycles. The summed E-state index contributed by atoms with van der Waals surface area (Å²) in [5.41, 5.74) is 1.03. The normalized spacial score (nSPS) is 11.8. The van der Waals surface area contributed by atoms with Gasteiger partial charge in [0, 0.05) is 24.7 Å². The number of amides is 2. The fourth-order valence-electron chi connectivity index (χ4n) is 4.11. The van der Waals surface area contributed by atoms with E-state index in [1.165, 1.54) is 56.5 Å². The molecular weight excluding hydrogens is 542 g/mol. The van der Waals surface area contributed by atoms with Crippen LogP contribution in [0.5, 0.6) is 11.5 Å². The Hall–Kier alpha value is -3.76. The SMILES string of the molecule is CC[C@H](C(=O)NC)N(Cc1ccccc1)C(=O)CN(c1ccc(Cl)cc1)S(=O)(=O)c1ccc(OC)c(OC)c1. The molecule has 11 heteroatoms. The molecule has 3 rings (SSSR count). The molecule has 1 atom stereocenters. The molecule has 9 nitrogen and oxygen atoms in total. The van der Waals surface area contributed by atoms with Gasteiger partial charge in [-0.05, 0) is 48.4 Å². The summed E-state index contributed by atoms with van der Waals surface area (Å²) in [5.74, 6) is -0.316. The van der Waals surface area contributed by atoms with Crippen molar-refractivity contribution in [2.45, 2.75) is 30.8 Å². The predicted octanol–water partition coefficient (Wildman–Crippen LogP) is 4.11. The molecule has 0 aliphatic heterocycles. The Labute approximate surface area is 234 Å². The first-order valence-corrected chi connectivity index (χ1v) is 14.0. The first-order valence-electron chi connectivity index (χ1n) is 12.2. The summed E-state index contributed by atoms with van der Waals surface area (Å²) in [6, 6.07) is 18.7. The van der Waals surface area contributed by atoms with Crippen LogP contribution in [-0.2, 0) is 26.2 Å². The minimum Gasteiger partial charge on any atom is -0.493 e. The zero-order valence-electron chi connectivity index (χ0n) is 22.3. The highest BCUT2D eigenvalue weighted by Gasteiger charge is 2.33. The molecule has 0 fully saturated rings. The third kappa shape index (κ3) is 7.01. The number of carbonyl (C=O) groups excluding carboxylic acids is 2. The molecule has 0 radical (unpaired) electrons. The minimum atomic E-state index is -4.28. The third-order valence-corrected chi connectivity index (χ3v) is 8.19. The van der Waals surface area contributed by atoms with E-state index in [-0.39, 0.29) is 28.8 Å². The van der Waals surface area contributed by atoms with Crippen LogP contribution in [0.1, 0.15) is 18.9 Å². The molecule has 0 unspecified atom stereocenters. The number of benzene rings is 3. The number of nitrogens with one attached hydrogen (secondary N) is 1. The van der Waals surface area contributed by atoms with Crippen molar-refractivity contribution < 1.29 is 27.5 Å². The molecule has 0 heterocycles. The molecule has 1 N–H and O–H groups in total. The van der Waals surface area contributed by atoms with Gasteiger partial charge >= 0.3 is 0 Å². The molecule has 2 amide bonds. The number of nitrogens with zero attached hydrogens (tertiary/aromatic N) is 2. The lowest BCUT2D eigenvalue weighted by Crippen LogP contribution is -2.51. The summed E-state index contributed by atoms with van der Waals surface area (Å²) in [7, 11) is 0.0698. The first kappa shape index (κ1) is 29.8. The third-order valence-electron chi connectivity index (χ3n) is 6.16. The predicted molar refractivity (Wildman–Crippen MR) is 151 cm³/mol. The van der Waals surface area contributed by atoms with E-state index in [0.29, 0.717) is 17.2 Å². The molecular formula is C28H32ClN3O6S. The summed E-state index contributed by atoms with van der Waals surface area (Å²) in [6.45, 7) is 1.36. The number of methoxy groups -OCH3 is 2. The van der Waals surface area contributed by atoms with E-state index in [4.69, 9.17) is 21.1 Å². The van der Waals surface area contributed by atoms with Gasteiger partial charge in [-0.2, -0.15) is 0 Å². The Morgan fingerprint density at radius 1 is 0.949 bits per heavy atom. The van der Waals surface area contributed by atoms with Crippen LogP contribution in [0.2, 0.25) is 5.02 Å². The second kappa shape index (κ2) is 13.3. The number of hydrogen-bond acceptors (Lipinski definition) is 6. The summed E-state index contributed by atoms with van der Waals surface area (Å²) in [6.07, 6.45) is 0.335. The van der Waals surface area contributed by atoms with Gasteiger partial charge in [-0.25, -0.2) is 8.42 Å². The van der Waals surface area contributed by atoms with Crippen molar-refractivity contribution in [3.63, 3.8) is 0 Å². The molecule has 208 valence electrons. The van der Waals surface area contributed by atoms with Gasteiger partial charge in [0.2, 0.25) is 11.8 Å². The van der Waals surface area contributed by atoms with E-state index >= 15 is 0 Å². The van der Waals surface area contributed by atoms with Crippen molar-refractivity contribution >= 4 is 39.1 Å². The van der Waals surface area contributed by atoms with Gasteiger partial charge in [-0.1, -0.05) is 48.9 Å². The molecule has 0 aliphatic rings. The lowest BCUT2D eigenvalue weighted by Gasteiger charge is -2.33. The molecule has 0 saturated carbocycles. The number of anilines is 1. The Morgan fingerprint density at radius 2 is 1.59 bits per heavy atom. The second-order valence-electron chi connectivity index (χ2n) is 8.55. The highest BCUT2D eigenvalue weighted by atomic mass is 35.5. The van der Waals surface area contributed by atoms with Gasteiger partial charge in [0.1, 0.15) is 12.6 Å². The van der Waals surface area contributed by atoms with E-state index in [9.17, 15) is 18.0 Å². The Kier molecular flexibility index (Phi) is 10.2. The molecule has 39 heavy (non-hydrogen) atoms. The highest BCUT2D eigenvalue weighted by molar-refractivity contribution is 7.92. The molecule has 3 aromatic rings. The Balaban J connectivity index is 2.08. The number of carbonyl (C=O) groups is 2. The lowest BCUT2D eigenvalue weighted by molar-refractivity contribution is -0.140. The Morgan fingerprint density at radius 3 is 2.15 bits per heavy atom. The number of sulfonamides is 1. The van der Waals surface area contributed by atoms with Gasteiger partial charge in [0.15, 0.2) is 11.5 Å². The fourth-order valence-corrected chi connectivity index (χ4v) is 5.66. The first-order chi connectivity index (χ1) is 18.7. The maximum absolute atomic E-state index is 14.0. The van der Waals surface area contributed by atoms with Gasteiger partial charge in [0.05, 0.1) is 24.8 Å². The van der Waals surface area contributed by atoms with Crippen LogP contribution in [0.3, 0.4) is 0 Å². The summed E-state index contributed by atoms with van der Waals surface area (Å²) in [5, 5.41) is 3.01. The maximum atomic E-state index is 14.0. The van der Waals surface area contributed by atoms with Crippen LogP contribution in [0, 0.1) is 0 Å². The Bertz CT molecular complexity index is 1380. The zero-order chi connectivity index (χ0) is 28.6. The highest BCUT2D eigenvalue weighted by Crippen LogP contribution is 2.32. The number of rotatable bonds is 12. The lowest BCUT2D eigenvalue weighted by atomic mass is 10.1. The number of hydrogen-bond donors (Lipinski definition) is 1. The van der Waals surface area contributed by atoms with Gasteiger partial charge in [-0.15, -0.1) is 0 Å². The van der Waals surface area contributed by atoms with Crippen molar-refractivity contribution in [3.8, 4) is 11.5 Å². The molecule has 0 bridgehead atoms. The monoisotopic (exact) mass is 573 g/mol. The van der Waals surface area contributed by atoms with E-state index < -0.39 is 28.5 Å².